The highest BCUT2D eigenvalue weighted by Crippen LogP contribution is 2.32. The SMILES string of the molecule is CC(N)C(=O)NNC(=O)NCc1ccc2c(c1)OCO2. The first-order chi connectivity index (χ1) is 9.56. The summed E-state index contributed by atoms with van der Waals surface area (Å²) < 4.78 is 10.4. The van der Waals surface area contributed by atoms with Gasteiger partial charge < -0.3 is 20.5 Å². The van der Waals surface area contributed by atoms with Gasteiger partial charge in [-0.15, -0.1) is 0 Å². The van der Waals surface area contributed by atoms with Crippen LogP contribution in [0.3, 0.4) is 0 Å². The molecule has 8 heteroatoms. The van der Waals surface area contributed by atoms with Gasteiger partial charge in [-0.05, 0) is 24.6 Å². The predicted octanol–water partition coefficient (Wildman–Crippen LogP) is -0.407. The van der Waals surface area contributed by atoms with Gasteiger partial charge in [-0.2, -0.15) is 0 Å². The van der Waals surface area contributed by atoms with Crippen LogP contribution in [0.25, 0.3) is 0 Å². The Bertz CT molecular complexity index is 518. The van der Waals surface area contributed by atoms with E-state index in [9.17, 15) is 9.59 Å². The lowest BCUT2D eigenvalue weighted by atomic mass is 10.2. The second-order valence-electron chi connectivity index (χ2n) is 4.27. The number of fused-ring (bicyclic) bond motifs is 1. The van der Waals surface area contributed by atoms with Crippen LogP contribution < -0.4 is 31.4 Å². The molecule has 1 aliphatic heterocycles. The summed E-state index contributed by atoms with van der Waals surface area (Å²) in [6, 6.07) is 4.15. The van der Waals surface area contributed by atoms with Gasteiger partial charge in [0.1, 0.15) is 0 Å². The molecule has 0 bridgehead atoms. The van der Waals surface area contributed by atoms with Crippen molar-refractivity contribution in [2.75, 3.05) is 6.79 Å². The molecule has 1 heterocycles. The van der Waals surface area contributed by atoms with Crippen molar-refractivity contribution in [2.24, 2.45) is 5.73 Å². The van der Waals surface area contributed by atoms with Crippen molar-refractivity contribution in [3.8, 4) is 11.5 Å². The first kappa shape index (κ1) is 13.9. The van der Waals surface area contributed by atoms with E-state index in [1.165, 1.54) is 6.92 Å². The largest absolute Gasteiger partial charge is 0.454 e. The number of rotatable bonds is 3. The number of hydrazine groups is 1. The lowest BCUT2D eigenvalue weighted by Gasteiger charge is -2.10. The standard InChI is InChI=1S/C12H16N4O4/c1-7(13)11(17)15-16-12(18)14-5-8-2-3-9-10(4-8)20-6-19-9/h2-4,7H,5-6,13H2,1H3,(H,15,17)(H2,14,16,18). The molecule has 0 fully saturated rings. The molecule has 3 amide bonds. The summed E-state index contributed by atoms with van der Waals surface area (Å²) in [4.78, 5) is 22.6. The van der Waals surface area contributed by atoms with Crippen molar-refractivity contribution in [3.63, 3.8) is 0 Å². The molecule has 1 aromatic rings. The molecule has 1 atom stereocenters. The number of carbonyl (C=O) groups is 2. The normalized spacial score (nSPS) is 13.5. The van der Waals surface area contributed by atoms with Crippen molar-refractivity contribution >= 4 is 11.9 Å². The number of urea groups is 1. The van der Waals surface area contributed by atoms with Gasteiger partial charge in [0, 0.05) is 6.54 Å². The second kappa shape index (κ2) is 6.11. The Labute approximate surface area is 115 Å². The molecule has 0 saturated carbocycles. The summed E-state index contributed by atoms with van der Waals surface area (Å²) in [6.07, 6.45) is 0. The van der Waals surface area contributed by atoms with E-state index in [4.69, 9.17) is 15.2 Å². The minimum Gasteiger partial charge on any atom is -0.454 e. The lowest BCUT2D eigenvalue weighted by Crippen LogP contribution is -2.51. The predicted molar refractivity (Wildman–Crippen MR) is 69.7 cm³/mol. The van der Waals surface area contributed by atoms with Crippen LogP contribution in [0.15, 0.2) is 18.2 Å². The van der Waals surface area contributed by atoms with Crippen LogP contribution in [0.1, 0.15) is 12.5 Å². The minimum atomic E-state index is -0.691. The summed E-state index contributed by atoms with van der Waals surface area (Å²) in [5.74, 6) is 0.862. The molecular weight excluding hydrogens is 264 g/mol. The number of hydrogen-bond donors (Lipinski definition) is 4. The third-order valence-electron chi connectivity index (χ3n) is 2.60. The maximum absolute atomic E-state index is 11.4. The van der Waals surface area contributed by atoms with E-state index < -0.39 is 18.0 Å². The van der Waals surface area contributed by atoms with E-state index in [0.29, 0.717) is 11.5 Å². The number of ether oxygens (including phenoxy) is 2. The summed E-state index contributed by atoms with van der Waals surface area (Å²) >= 11 is 0. The number of nitrogens with one attached hydrogen (secondary N) is 3. The summed E-state index contributed by atoms with van der Waals surface area (Å²) in [5, 5.41) is 2.58. The Kier molecular flexibility index (Phi) is 4.26. The van der Waals surface area contributed by atoms with Gasteiger partial charge in [0.2, 0.25) is 6.79 Å². The molecule has 0 aliphatic carbocycles. The monoisotopic (exact) mass is 280 g/mol. The van der Waals surface area contributed by atoms with E-state index in [1.807, 2.05) is 6.07 Å². The van der Waals surface area contributed by atoms with Gasteiger partial charge in [-0.1, -0.05) is 6.07 Å². The Morgan fingerprint density at radius 1 is 1.30 bits per heavy atom. The fraction of sp³-hybridized carbons (Fsp3) is 0.333. The highest BCUT2D eigenvalue weighted by Gasteiger charge is 2.13. The molecule has 1 unspecified atom stereocenters. The Morgan fingerprint density at radius 2 is 2.05 bits per heavy atom. The fourth-order valence-electron chi connectivity index (χ4n) is 1.51. The molecule has 1 aromatic carbocycles. The Balaban J connectivity index is 1.77. The van der Waals surface area contributed by atoms with Crippen LogP contribution in [0.4, 0.5) is 4.79 Å². The minimum absolute atomic E-state index is 0.204. The summed E-state index contributed by atoms with van der Waals surface area (Å²) in [5.41, 5.74) is 10.6. The second-order valence-corrected chi connectivity index (χ2v) is 4.27. The Morgan fingerprint density at radius 3 is 2.80 bits per heavy atom. The van der Waals surface area contributed by atoms with Crippen molar-refractivity contribution in [2.45, 2.75) is 19.5 Å². The zero-order valence-electron chi connectivity index (χ0n) is 10.9. The first-order valence-corrected chi connectivity index (χ1v) is 6.04. The van der Waals surface area contributed by atoms with Gasteiger partial charge in [-0.3, -0.25) is 10.2 Å². The van der Waals surface area contributed by atoms with Crippen molar-refractivity contribution in [3.05, 3.63) is 23.8 Å². The summed E-state index contributed by atoms with van der Waals surface area (Å²) in [6.45, 7) is 2.01. The molecule has 8 nitrogen and oxygen atoms in total. The van der Waals surface area contributed by atoms with Gasteiger partial charge in [0.05, 0.1) is 6.04 Å². The zero-order chi connectivity index (χ0) is 14.5. The third-order valence-corrected chi connectivity index (χ3v) is 2.60. The van der Waals surface area contributed by atoms with Crippen LogP contribution in [-0.2, 0) is 11.3 Å². The van der Waals surface area contributed by atoms with Crippen LogP contribution in [0.2, 0.25) is 0 Å². The van der Waals surface area contributed by atoms with E-state index in [-0.39, 0.29) is 13.3 Å². The van der Waals surface area contributed by atoms with Crippen LogP contribution in [0, 0.1) is 0 Å². The number of nitrogens with two attached hydrogens (primary N) is 1. The van der Waals surface area contributed by atoms with Crippen LogP contribution in [-0.4, -0.2) is 24.8 Å². The highest BCUT2D eigenvalue weighted by molar-refractivity contribution is 5.84. The highest BCUT2D eigenvalue weighted by atomic mass is 16.7. The van der Waals surface area contributed by atoms with Crippen LogP contribution >= 0.6 is 0 Å². The molecule has 0 spiro atoms. The first-order valence-electron chi connectivity index (χ1n) is 6.04. The van der Waals surface area contributed by atoms with Gasteiger partial charge in [0.15, 0.2) is 11.5 Å². The van der Waals surface area contributed by atoms with Crippen molar-refractivity contribution < 1.29 is 19.1 Å². The quantitative estimate of drug-likeness (QED) is 0.562. The van der Waals surface area contributed by atoms with E-state index in [1.54, 1.807) is 12.1 Å². The fourth-order valence-corrected chi connectivity index (χ4v) is 1.51. The maximum Gasteiger partial charge on any atom is 0.333 e. The number of amides is 3. The van der Waals surface area contributed by atoms with E-state index in [2.05, 4.69) is 16.2 Å². The molecule has 0 radical (unpaired) electrons. The molecule has 2 rings (SSSR count). The lowest BCUT2D eigenvalue weighted by molar-refractivity contribution is -0.122. The summed E-state index contributed by atoms with van der Waals surface area (Å²) in [7, 11) is 0. The van der Waals surface area contributed by atoms with Gasteiger partial charge in [0.25, 0.3) is 5.91 Å². The Hall–Kier alpha value is -2.48. The number of carbonyl (C=O) groups excluding carboxylic acids is 2. The number of hydrogen-bond acceptors (Lipinski definition) is 5. The van der Waals surface area contributed by atoms with Gasteiger partial charge in [-0.25, -0.2) is 10.2 Å². The number of benzene rings is 1. The van der Waals surface area contributed by atoms with Crippen molar-refractivity contribution in [1.82, 2.24) is 16.2 Å². The maximum atomic E-state index is 11.4. The van der Waals surface area contributed by atoms with Crippen LogP contribution in [0.5, 0.6) is 11.5 Å². The average Bonchev–Trinajstić information content (AvgIpc) is 2.89. The topological polar surface area (TPSA) is 115 Å². The third kappa shape index (κ3) is 3.51. The average molecular weight is 280 g/mol. The molecule has 0 saturated heterocycles. The molecule has 5 N–H and O–H groups in total. The van der Waals surface area contributed by atoms with Crippen molar-refractivity contribution in [1.29, 1.82) is 0 Å². The van der Waals surface area contributed by atoms with E-state index in [0.717, 1.165) is 5.56 Å². The molecule has 20 heavy (non-hydrogen) atoms. The molecule has 1 aliphatic rings. The smallest absolute Gasteiger partial charge is 0.333 e. The van der Waals surface area contributed by atoms with E-state index >= 15 is 0 Å². The zero-order valence-corrected chi connectivity index (χ0v) is 10.9. The van der Waals surface area contributed by atoms with Gasteiger partial charge >= 0.3 is 6.03 Å². The molecule has 108 valence electrons. The molecular formula is C12H16N4O4. The molecule has 0 aromatic heterocycles.